The summed E-state index contributed by atoms with van der Waals surface area (Å²) >= 11 is 0. The summed E-state index contributed by atoms with van der Waals surface area (Å²) < 4.78 is 2.27. The van der Waals surface area contributed by atoms with Crippen molar-refractivity contribution < 1.29 is 5.11 Å². The molecule has 3 aromatic carbocycles. The fraction of sp³-hybridized carbons (Fsp3) is 0.100. The Hall–Kier alpha value is -2.58. The van der Waals surface area contributed by atoms with Crippen LogP contribution < -0.4 is 0 Å². The second-order valence-electron chi connectivity index (χ2n) is 5.64. The molecule has 1 aromatic heterocycles. The van der Waals surface area contributed by atoms with Gasteiger partial charge < -0.3 is 9.67 Å². The number of nitrogens with zero attached hydrogens (tertiary/aromatic N) is 1. The third kappa shape index (κ3) is 1.92. The van der Waals surface area contributed by atoms with Crippen LogP contribution in [0.15, 0.2) is 72.8 Å². The number of hydrogen-bond donors (Lipinski definition) is 1. The van der Waals surface area contributed by atoms with E-state index in [2.05, 4.69) is 65.2 Å². The van der Waals surface area contributed by atoms with E-state index in [1.165, 1.54) is 21.8 Å². The van der Waals surface area contributed by atoms with Crippen LogP contribution in [0.4, 0.5) is 0 Å². The van der Waals surface area contributed by atoms with Gasteiger partial charge in [0.15, 0.2) is 0 Å². The minimum Gasteiger partial charge on any atom is -0.389 e. The Bertz CT molecular complexity index is 895. The molecule has 4 aromatic rings. The number of para-hydroxylation sites is 2. The average Bonchev–Trinajstić information content (AvgIpc) is 2.89. The van der Waals surface area contributed by atoms with Gasteiger partial charge in [-0.1, -0.05) is 48.5 Å². The summed E-state index contributed by atoms with van der Waals surface area (Å²) in [5, 5.41) is 12.2. The topological polar surface area (TPSA) is 25.2 Å². The summed E-state index contributed by atoms with van der Waals surface area (Å²) in [6, 6.07) is 25.1. The smallest absolute Gasteiger partial charge is 0.0761 e. The van der Waals surface area contributed by atoms with Gasteiger partial charge in [-0.3, -0.25) is 0 Å². The molecule has 0 saturated carbocycles. The Labute approximate surface area is 129 Å². The highest BCUT2D eigenvalue weighted by Crippen LogP contribution is 2.31. The van der Waals surface area contributed by atoms with Crippen LogP contribution in [-0.2, 0) is 0 Å². The van der Waals surface area contributed by atoms with Crippen LogP contribution in [0.3, 0.4) is 0 Å². The van der Waals surface area contributed by atoms with Crippen LogP contribution in [0.1, 0.15) is 18.6 Å². The predicted molar refractivity (Wildman–Crippen MR) is 91.4 cm³/mol. The van der Waals surface area contributed by atoms with Crippen molar-refractivity contribution in [2.45, 2.75) is 13.0 Å². The molecule has 2 heteroatoms. The van der Waals surface area contributed by atoms with Gasteiger partial charge in [0.25, 0.3) is 0 Å². The van der Waals surface area contributed by atoms with Crippen LogP contribution in [0.5, 0.6) is 0 Å². The van der Waals surface area contributed by atoms with Crippen LogP contribution in [-0.4, -0.2) is 9.67 Å². The highest BCUT2D eigenvalue weighted by atomic mass is 16.3. The second kappa shape index (κ2) is 5.00. The molecule has 108 valence electrons. The molecule has 0 spiro atoms. The van der Waals surface area contributed by atoms with Gasteiger partial charge in [-0.2, -0.15) is 0 Å². The molecule has 22 heavy (non-hydrogen) atoms. The zero-order valence-electron chi connectivity index (χ0n) is 12.4. The van der Waals surface area contributed by atoms with E-state index in [1.807, 2.05) is 12.1 Å². The van der Waals surface area contributed by atoms with Gasteiger partial charge in [-0.25, -0.2) is 0 Å². The quantitative estimate of drug-likeness (QED) is 0.561. The summed E-state index contributed by atoms with van der Waals surface area (Å²) in [5.41, 5.74) is 4.45. The Morgan fingerprint density at radius 3 is 1.73 bits per heavy atom. The van der Waals surface area contributed by atoms with E-state index in [-0.39, 0.29) is 0 Å². The molecule has 0 aliphatic carbocycles. The molecule has 0 bridgehead atoms. The van der Waals surface area contributed by atoms with Crippen LogP contribution in [0.25, 0.3) is 27.5 Å². The van der Waals surface area contributed by atoms with Crippen molar-refractivity contribution in [2.75, 3.05) is 0 Å². The summed E-state index contributed by atoms with van der Waals surface area (Å²) in [5.74, 6) is 0. The maximum absolute atomic E-state index is 9.68. The maximum atomic E-state index is 9.68. The molecule has 0 fully saturated rings. The van der Waals surface area contributed by atoms with Crippen molar-refractivity contribution in [2.24, 2.45) is 0 Å². The van der Waals surface area contributed by atoms with Gasteiger partial charge >= 0.3 is 0 Å². The van der Waals surface area contributed by atoms with E-state index in [0.717, 1.165) is 11.3 Å². The highest BCUT2D eigenvalue weighted by Gasteiger charge is 2.11. The molecule has 1 N–H and O–H groups in total. The molecule has 1 heterocycles. The van der Waals surface area contributed by atoms with Crippen molar-refractivity contribution in [1.29, 1.82) is 0 Å². The van der Waals surface area contributed by atoms with Crippen molar-refractivity contribution in [3.05, 3.63) is 78.4 Å². The molecule has 2 nitrogen and oxygen atoms in total. The summed E-state index contributed by atoms with van der Waals surface area (Å²) in [4.78, 5) is 0. The fourth-order valence-corrected chi connectivity index (χ4v) is 3.10. The lowest BCUT2D eigenvalue weighted by Crippen LogP contribution is -1.95. The lowest BCUT2D eigenvalue weighted by molar-refractivity contribution is 0.199. The van der Waals surface area contributed by atoms with Crippen molar-refractivity contribution in [1.82, 2.24) is 4.57 Å². The van der Waals surface area contributed by atoms with Gasteiger partial charge in [0.05, 0.1) is 17.1 Å². The number of hydrogen-bond acceptors (Lipinski definition) is 1. The molecule has 0 amide bonds. The van der Waals surface area contributed by atoms with Gasteiger partial charge in [-0.05, 0) is 36.8 Å². The first-order valence-electron chi connectivity index (χ1n) is 7.52. The average molecular weight is 287 g/mol. The van der Waals surface area contributed by atoms with Gasteiger partial charge in [0, 0.05) is 16.5 Å². The second-order valence-corrected chi connectivity index (χ2v) is 5.64. The first-order chi connectivity index (χ1) is 10.8. The van der Waals surface area contributed by atoms with E-state index in [4.69, 9.17) is 0 Å². The Morgan fingerprint density at radius 2 is 1.23 bits per heavy atom. The summed E-state index contributed by atoms with van der Waals surface area (Å²) in [6.07, 6.45) is -0.438. The number of rotatable bonds is 2. The SMILES string of the molecule is CC(O)c1ccc(-n2c3ccccc3c3ccccc32)cc1. The van der Waals surface area contributed by atoms with E-state index < -0.39 is 6.10 Å². The van der Waals surface area contributed by atoms with Crippen molar-refractivity contribution in [3.63, 3.8) is 0 Å². The number of fused-ring (bicyclic) bond motifs is 3. The number of benzene rings is 3. The first-order valence-corrected chi connectivity index (χ1v) is 7.52. The molecule has 0 saturated heterocycles. The molecular weight excluding hydrogens is 270 g/mol. The normalized spacial score (nSPS) is 12.8. The minimum atomic E-state index is -0.438. The van der Waals surface area contributed by atoms with Gasteiger partial charge in [-0.15, -0.1) is 0 Å². The zero-order chi connectivity index (χ0) is 15.1. The Kier molecular flexibility index (Phi) is 2.98. The number of aliphatic hydroxyl groups is 1. The first kappa shape index (κ1) is 13.1. The minimum absolute atomic E-state index is 0.438. The van der Waals surface area contributed by atoms with Gasteiger partial charge in [0.1, 0.15) is 0 Å². The van der Waals surface area contributed by atoms with Crippen LogP contribution in [0, 0.1) is 0 Å². The third-order valence-corrected chi connectivity index (χ3v) is 4.21. The Balaban J connectivity index is 2.04. The predicted octanol–water partition coefficient (Wildman–Crippen LogP) is 4.84. The van der Waals surface area contributed by atoms with E-state index in [0.29, 0.717) is 0 Å². The lowest BCUT2D eigenvalue weighted by Gasteiger charge is -2.10. The fourth-order valence-electron chi connectivity index (χ4n) is 3.10. The monoisotopic (exact) mass is 287 g/mol. The highest BCUT2D eigenvalue weighted by molar-refractivity contribution is 6.09. The van der Waals surface area contributed by atoms with E-state index >= 15 is 0 Å². The van der Waals surface area contributed by atoms with E-state index in [9.17, 15) is 5.11 Å². The van der Waals surface area contributed by atoms with Crippen LogP contribution >= 0.6 is 0 Å². The van der Waals surface area contributed by atoms with E-state index in [1.54, 1.807) is 6.92 Å². The third-order valence-electron chi connectivity index (χ3n) is 4.21. The number of aliphatic hydroxyl groups excluding tert-OH is 1. The molecule has 4 rings (SSSR count). The molecule has 1 unspecified atom stereocenters. The standard InChI is InChI=1S/C20H17NO/c1-14(22)15-10-12-16(13-11-15)21-19-8-4-2-6-17(19)18-7-3-5-9-20(18)21/h2-14,22H,1H3. The molecule has 0 aliphatic rings. The van der Waals surface area contributed by atoms with Crippen LogP contribution in [0.2, 0.25) is 0 Å². The molecule has 1 atom stereocenters. The molecular formula is C20H17NO. The molecule has 0 radical (unpaired) electrons. The largest absolute Gasteiger partial charge is 0.389 e. The van der Waals surface area contributed by atoms with Gasteiger partial charge in [0.2, 0.25) is 0 Å². The number of aromatic nitrogens is 1. The lowest BCUT2D eigenvalue weighted by atomic mass is 10.1. The van der Waals surface area contributed by atoms with Crippen molar-refractivity contribution >= 4 is 21.8 Å². The summed E-state index contributed by atoms with van der Waals surface area (Å²) in [6.45, 7) is 1.79. The molecule has 0 aliphatic heterocycles. The summed E-state index contributed by atoms with van der Waals surface area (Å²) in [7, 11) is 0. The maximum Gasteiger partial charge on any atom is 0.0761 e. The Morgan fingerprint density at radius 1 is 0.727 bits per heavy atom. The van der Waals surface area contributed by atoms with Crippen molar-refractivity contribution in [3.8, 4) is 5.69 Å². The zero-order valence-corrected chi connectivity index (χ0v) is 12.4.